The summed E-state index contributed by atoms with van der Waals surface area (Å²) in [6.07, 6.45) is -0.747. The van der Waals surface area contributed by atoms with Gasteiger partial charge in [-0.25, -0.2) is 5.53 Å². The molecule has 1 aliphatic heterocycles. The topological polar surface area (TPSA) is 59.9 Å². The Labute approximate surface area is 158 Å². The lowest BCUT2D eigenvalue weighted by molar-refractivity contribution is 0.155. The highest BCUT2D eigenvalue weighted by Gasteiger charge is 2.46. The molecule has 3 aromatic carbocycles. The van der Waals surface area contributed by atoms with Crippen LogP contribution in [0.4, 0.5) is 0 Å². The number of hydrazine groups is 2. The monoisotopic (exact) mass is 358 g/mol. The molecule has 0 bridgehead atoms. The smallest absolute Gasteiger partial charge is 0.172 e. The summed E-state index contributed by atoms with van der Waals surface area (Å²) >= 11 is 0. The number of benzene rings is 3. The molecular weight excluding hydrogens is 336 g/mol. The molecule has 0 aliphatic carbocycles. The zero-order valence-electron chi connectivity index (χ0n) is 15.1. The number of aliphatic hydroxyl groups is 1. The maximum Gasteiger partial charge on any atom is 0.172 e. The molecule has 1 heterocycles. The van der Waals surface area contributed by atoms with Gasteiger partial charge in [0.15, 0.2) is 5.84 Å². The summed E-state index contributed by atoms with van der Waals surface area (Å²) in [6.45, 7) is 1.71. The fraction of sp³-hybridized carbons (Fsp3) is 0.136. The summed E-state index contributed by atoms with van der Waals surface area (Å²) in [5.41, 5.74) is 8.43. The lowest BCUT2D eigenvalue weighted by Crippen LogP contribution is -2.58. The Morgan fingerprint density at radius 3 is 1.56 bits per heavy atom. The molecule has 1 aliphatic rings. The van der Waals surface area contributed by atoms with E-state index < -0.39 is 11.6 Å². The first-order chi connectivity index (χ1) is 13.2. The third-order valence-electron chi connectivity index (χ3n) is 4.85. The van der Waals surface area contributed by atoms with E-state index >= 15 is 0 Å². The Bertz CT molecular complexity index is 814. The van der Waals surface area contributed by atoms with Crippen molar-refractivity contribution in [3.05, 3.63) is 108 Å². The second-order valence-electron chi connectivity index (χ2n) is 6.51. The average molecular weight is 358 g/mol. The van der Waals surface area contributed by atoms with Crippen LogP contribution >= 0.6 is 0 Å². The molecule has 5 heteroatoms. The third kappa shape index (κ3) is 2.87. The van der Waals surface area contributed by atoms with Gasteiger partial charge >= 0.3 is 0 Å². The lowest BCUT2D eigenvalue weighted by Gasteiger charge is -2.44. The second kappa shape index (κ2) is 7.23. The van der Waals surface area contributed by atoms with Crippen molar-refractivity contribution in [2.24, 2.45) is 5.10 Å². The van der Waals surface area contributed by atoms with E-state index in [0.29, 0.717) is 5.84 Å². The van der Waals surface area contributed by atoms with Crippen LogP contribution in [0.15, 0.2) is 96.1 Å². The van der Waals surface area contributed by atoms with Crippen LogP contribution in [0, 0.1) is 0 Å². The average Bonchev–Trinajstić information content (AvgIpc) is 3.22. The minimum Gasteiger partial charge on any atom is -0.385 e. The van der Waals surface area contributed by atoms with E-state index in [4.69, 9.17) is 0 Å². The molecule has 0 amide bonds. The van der Waals surface area contributed by atoms with Crippen LogP contribution in [0.2, 0.25) is 0 Å². The van der Waals surface area contributed by atoms with E-state index in [9.17, 15) is 5.11 Å². The van der Waals surface area contributed by atoms with Crippen LogP contribution in [0.3, 0.4) is 0 Å². The molecule has 3 N–H and O–H groups in total. The summed E-state index contributed by atoms with van der Waals surface area (Å²) < 4.78 is 0. The van der Waals surface area contributed by atoms with Crippen molar-refractivity contribution in [3.63, 3.8) is 0 Å². The zero-order chi connectivity index (χ0) is 18.7. The van der Waals surface area contributed by atoms with Crippen molar-refractivity contribution in [1.29, 1.82) is 0 Å². The Morgan fingerprint density at radius 1 is 0.778 bits per heavy atom. The second-order valence-corrected chi connectivity index (χ2v) is 6.51. The summed E-state index contributed by atoms with van der Waals surface area (Å²) in [6, 6.07) is 30.8. The molecule has 4 rings (SSSR count). The number of hydrogen-bond acceptors (Lipinski definition) is 5. The van der Waals surface area contributed by atoms with E-state index in [1.165, 1.54) is 0 Å². The summed E-state index contributed by atoms with van der Waals surface area (Å²) in [7, 11) is 0. The van der Waals surface area contributed by atoms with Gasteiger partial charge in [0, 0.05) is 0 Å². The molecular formula is C22H22N4O. The molecule has 0 fully saturated rings. The van der Waals surface area contributed by atoms with Gasteiger partial charge in [0.25, 0.3) is 0 Å². The highest BCUT2D eigenvalue weighted by molar-refractivity contribution is 5.88. The van der Waals surface area contributed by atoms with E-state index in [2.05, 4.69) is 52.6 Å². The van der Waals surface area contributed by atoms with E-state index in [0.717, 1.165) is 16.7 Å². The zero-order valence-corrected chi connectivity index (χ0v) is 15.1. The molecule has 0 radical (unpaired) electrons. The van der Waals surface area contributed by atoms with Gasteiger partial charge in [-0.3, -0.25) is 5.01 Å². The van der Waals surface area contributed by atoms with Gasteiger partial charge in [0.2, 0.25) is 0 Å². The normalized spacial score (nSPS) is 15.2. The third-order valence-corrected chi connectivity index (χ3v) is 4.85. The molecule has 0 saturated heterocycles. The van der Waals surface area contributed by atoms with Crippen molar-refractivity contribution in [1.82, 2.24) is 16.1 Å². The quantitative estimate of drug-likeness (QED) is 0.614. The molecule has 1 atom stereocenters. The molecule has 0 spiro atoms. The van der Waals surface area contributed by atoms with Crippen LogP contribution in [-0.4, -0.2) is 22.1 Å². The maximum atomic E-state index is 10.4. The lowest BCUT2D eigenvalue weighted by atomic mass is 9.76. The van der Waals surface area contributed by atoms with Gasteiger partial charge in [0.05, 0.1) is 0 Å². The predicted octanol–water partition coefficient (Wildman–Crippen LogP) is 3.00. The Morgan fingerprint density at radius 2 is 1.19 bits per heavy atom. The van der Waals surface area contributed by atoms with Gasteiger partial charge in [-0.15, -0.1) is 10.6 Å². The number of hydrogen-bond donors (Lipinski definition) is 3. The fourth-order valence-corrected chi connectivity index (χ4v) is 3.70. The number of nitrogens with one attached hydrogen (secondary N) is 2. The summed E-state index contributed by atoms with van der Waals surface area (Å²) in [5.74, 6) is 0.520. The van der Waals surface area contributed by atoms with E-state index in [1.807, 2.05) is 59.6 Å². The van der Waals surface area contributed by atoms with Gasteiger partial charge in [-0.1, -0.05) is 91.0 Å². The molecule has 0 saturated carbocycles. The maximum absolute atomic E-state index is 10.4. The predicted molar refractivity (Wildman–Crippen MR) is 106 cm³/mol. The molecule has 27 heavy (non-hydrogen) atoms. The molecule has 3 aromatic rings. The highest BCUT2D eigenvalue weighted by Crippen LogP contribution is 2.42. The van der Waals surface area contributed by atoms with Crippen molar-refractivity contribution in [2.45, 2.75) is 18.6 Å². The van der Waals surface area contributed by atoms with E-state index in [-0.39, 0.29) is 0 Å². The largest absolute Gasteiger partial charge is 0.385 e. The Kier molecular flexibility index (Phi) is 4.62. The van der Waals surface area contributed by atoms with Gasteiger partial charge in [0.1, 0.15) is 11.6 Å². The minimum atomic E-state index is -0.747. The van der Waals surface area contributed by atoms with Crippen LogP contribution in [0.5, 0.6) is 0 Å². The van der Waals surface area contributed by atoms with Crippen LogP contribution in [0.1, 0.15) is 23.6 Å². The van der Waals surface area contributed by atoms with Gasteiger partial charge in [-0.2, -0.15) is 0 Å². The van der Waals surface area contributed by atoms with Crippen molar-refractivity contribution >= 4 is 5.84 Å². The molecule has 5 nitrogen and oxygen atoms in total. The molecule has 1 unspecified atom stereocenters. The fourth-order valence-electron chi connectivity index (χ4n) is 3.70. The standard InChI is InChI=1S/C22H22N4O/c1-17(27)21-23-24-25-26(21)22(18-11-5-2-6-12-18,19-13-7-3-8-14-19)20-15-9-4-10-16-20/h2-17,24-25,27H,1H3. The number of amidine groups is 1. The van der Waals surface area contributed by atoms with Crippen LogP contribution in [-0.2, 0) is 5.54 Å². The number of hydrazone groups is 1. The van der Waals surface area contributed by atoms with E-state index in [1.54, 1.807) is 6.92 Å². The van der Waals surface area contributed by atoms with Crippen LogP contribution in [0.25, 0.3) is 0 Å². The summed E-state index contributed by atoms with van der Waals surface area (Å²) in [5, 5.41) is 16.6. The first-order valence-electron chi connectivity index (χ1n) is 8.97. The SMILES string of the molecule is CC(O)C1=NNNN1C(c1ccccc1)(c1ccccc1)c1ccccc1. The summed E-state index contributed by atoms with van der Waals surface area (Å²) in [4.78, 5) is 0. The van der Waals surface area contributed by atoms with Crippen molar-refractivity contribution in [3.8, 4) is 0 Å². The Balaban J connectivity index is 2.06. The van der Waals surface area contributed by atoms with Crippen LogP contribution < -0.4 is 11.1 Å². The first kappa shape index (κ1) is 17.3. The number of rotatable bonds is 5. The Hall–Kier alpha value is -3.15. The van der Waals surface area contributed by atoms with Gasteiger partial charge < -0.3 is 5.11 Å². The molecule has 136 valence electrons. The number of nitrogens with zero attached hydrogens (tertiary/aromatic N) is 2. The van der Waals surface area contributed by atoms with Crippen molar-refractivity contribution < 1.29 is 5.11 Å². The van der Waals surface area contributed by atoms with Crippen molar-refractivity contribution in [2.75, 3.05) is 0 Å². The first-order valence-corrected chi connectivity index (χ1v) is 8.97. The van der Waals surface area contributed by atoms with Gasteiger partial charge in [-0.05, 0) is 23.6 Å². The number of aliphatic hydroxyl groups excluding tert-OH is 1. The minimum absolute atomic E-state index is 0.520. The highest BCUT2D eigenvalue weighted by atomic mass is 16.3. The molecule has 0 aromatic heterocycles.